The summed E-state index contributed by atoms with van der Waals surface area (Å²) in [5, 5.41) is 14.6. The summed E-state index contributed by atoms with van der Waals surface area (Å²) in [5.41, 5.74) is 2.27. The third-order valence-electron chi connectivity index (χ3n) is 3.41. The first-order chi connectivity index (χ1) is 12.1. The Balaban J connectivity index is 1.64. The first-order valence-electron chi connectivity index (χ1n) is 7.44. The van der Waals surface area contributed by atoms with Crippen molar-refractivity contribution in [3.05, 3.63) is 83.8 Å². The van der Waals surface area contributed by atoms with Crippen LogP contribution in [0.25, 0.3) is 0 Å². The number of nitrogens with one attached hydrogen (secondary N) is 2. The summed E-state index contributed by atoms with van der Waals surface area (Å²) in [4.78, 5) is 16.3. The fourth-order valence-corrected chi connectivity index (χ4v) is 2.12. The van der Waals surface area contributed by atoms with Crippen LogP contribution in [-0.2, 0) is 0 Å². The fourth-order valence-electron chi connectivity index (χ4n) is 2.12. The Morgan fingerprint density at radius 1 is 0.960 bits per heavy atom. The Bertz CT molecular complexity index is 914. The Kier molecular flexibility index (Phi) is 4.67. The Labute approximate surface area is 143 Å². The first-order valence-corrected chi connectivity index (χ1v) is 7.44. The second-order valence-corrected chi connectivity index (χ2v) is 5.21. The molecule has 3 aromatic rings. The number of benzene rings is 2. The van der Waals surface area contributed by atoms with Crippen LogP contribution >= 0.6 is 0 Å². The molecule has 0 saturated carbocycles. The van der Waals surface area contributed by atoms with Gasteiger partial charge in [0.2, 0.25) is 0 Å². The lowest BCUT2D eigenvalue weighted by Gasteiger charge is -2.08. The molecule has 1 aromatic heterocycles. The fraction of sp³-hybridized carbons (Fsp3) is 0. The van der Waals surface area contributed by atoms with Crippen molar-refractivity contribution in [2.24, 2.45) is 0 Å². The number of amides is 1. The summed E-state index contributed by atoms with van der Waals surface area (Å²) < 4.78 is 12.9. The smallest absolute Gasteiger partial charge is 0.255 e. The Morgan fingerprint density at radius 3 is 2.24 bits per heavy atom. The summed E-state index contributed by atoms with van der Waals surface area (Å²) in [7, 11) is 0. The minimum Gasteiger partial charge on any atom is -0.340 e. The van der Waals surface area contributed by atoms with Crippen molar-refractivity contribution in [2.45, 2.75) is 0 Å². The number of pyridine rings is 1. The molecule has 0 bridgehead atoms. The number of halogens is 1. The molecule has 5 nitrogen and oxygen atoms in total. The standard InChI is InChI=1S/C19H13FN4O/c20-15-5-3-14(4-6-15)19(25)24-17-9-10-18(22-12-17)23-16-7-1-13(11-21)2-8-16/h1-10,12H,(H,22,23)(H,24,25). The molecule has 25 heavy (non-hydrogen) atoms. The number of carbonyl (C=O) groups is 1. The van der Waals surface area contributed by atoms with Gasteiger partial charge in [0.1, 0.15) is 11.6 Å². The van der Waals surface area contributed by atoms with Gasteiger partial charge in [-0.15, -0.1) is 0 Å². The summed E-state index contributed by atoms with van der Waals surface area (Å²) in [6.07, 6.45) is 1.52. The van der Waals surface area contributed by atoms with Crippen LogP contribution in [0.4, 0.5) is 21.6 Å². The van der Waals surface area contributed by atoms with E-state index in [0.717, 1.165) is 5.69 Å². The zero-order chi connectivity index (χ0) is 17.6. The average molecular weight is 332 g/mol. The van der Waals surface area contributed by atoms with Gasteiger partial charge < -0.3 is 10.6 Å². The molecule has 2 aromatic carbocycles. The molecule has 1 amide bonds. The van der Waals surface area contributed by atoms with Crippen molar-refractivity contribution in [1.29, 1.82) is 5.26 Å². The second-order valence-electron chi connectivity index (χ2n) is 5.21. The number of nitriles is 1. The maximum Gasteiger partial charge on any atom is 0.255 e. The van der Waals surface area contributed by atoms with Gasteiger partial charge >= 0.3 is 0 Å². The highest BCUT2D eigenvalue weighted by Crippen LogP contribution is 2.17. The molecule has 2 N–H and O–H groups in total. The van der Waals surface area contributed by atoms with Gasteiger partial charge in [-0.25, -0.2) is 9.37 Å². The van der Waals surface area contributed by atoms with E-state index in [-0.39, 0.29) is 5.91 Å². The molecule has 0 saturated heterocycles. The number of carbonyl (C=O) groups excluding carboxylic acids is 1. The van der Waals surface area contributed by atoms with Gasteiger partial charge in [0.15, 0.2) is 0 Å². The highest BCUT2D eigenvalue weighted by atomic mass is 19.1. The molecule has 6 heteroatoms. The van der Waals surface area contributed by atoms with Crippen LogP contribution in [0.3, 0.4) is 0 Å². The predicted octanol–water partition coefficient (Wildman–Crippen LogP) is 4.09. The Hall–Kier alpha value is -3.72. The van der Waals surface area contributed by atoms with Crippen molar-refractivity contribution < 1.29 is 9.18 Å². The summed E-state index contributed by atoms with van der Waals surface area (Å²) in [6, 6.07) is 17.8. The summed E-state index contributed by atoms with van der Waals surface area (Å²) in [5.74, 6) is -0.129. The zero-order valence-corrected chi connectivity index (χ0v) is 13.0. The average Bonchev–Trinajstić information content (AvgIpc) is 2.64. The van der Waals surface area contributed by atoms with E-state index in [1.165, 1.54) is 30.5 Å². The van der Waals surface area contributed by atoms with E-state index < -0.39 is 5.82 Å². The number of anilines is 3. The van der Waals surface area contributed by atoms with Crippen LogP contribution in [0.5, 0.6) is 0 Å². The van der Waals surface area contributed by atoms with Gasteiger partial charge in [-0.05, 0) is 60.7 Å². The van der Waals surface area contributed by atoms with Crippen LogP contribution in [0, 0.1) is 17.1 Å². The molecular weight excluding hydrogens is 319 g/mol. The van der Waals surface area contributed by atoms with E-state index in [1.54, 1.807) is 36.4 Å². The van der Waals surface area contributed by atoms with Crippen LogP contribution in [0.2, 0.25) is 0 Å². The maximum atomic E-state index is 12.9. The molecule has 0 atom stereocenters. The highest BCUT2D eigenvalue weighted by molar-refractivity contribution is 6.04. The van der Waals surface area contributed by atoms with Gasteiger partial charge in [-0.3, -0.25) is 4.79 Å². The van der Waals surface area contributed by atoms with E-state index in [4.69, 9.17) is 5.26 Å². The zero-order valence-electron chi connectivity index (χ0n) is 13.0. The summed E-state index contributed by atoms with van der Waals surface area (Å²) >= 11 is 0. The maximum absolute atomic E-state index is 12.9. The number of hydrogen-bond acceptors (Lipinski definition) is 4. The minimum atomic E-state index is -0.392. The lowest BCUT2D eigenvalue weighted by atomic mass is 10.2. The molecule has 0 aliphatic rings. The highest BCUT2D eigenvalue weighted by Gasteiger charge is 2.06. The van der Waals surface area contributed by atoms with Crippen molar-refractivity contribution in [2.75, 3.05) is 10.6 Å². The lowest BCUT2D eigenvalue weighted by Crippen LogP contribution is -2.12. The van der Waals surface area contributed by atoms with E-state index in [2.05, 4.69) is 21.7 Å². The minimum absolute atomic E-state index is 0.338. The number of rotatable bonds is 4. The van der Waals surface area contributed by atoms with Crippen LogP contribution in [0.15, 0.2) is 66.9 Å². The van der Waals surface area contributed by atoms with Crippen molar-refractivity contribution in [3.8, 4) is 6.07 Å². The molecule has 0 unspecified atom stereocenters. The van der Waals surface area contributed by atoms with Gasteiger partial charge in [0.05, 0.1) is 23.5 Å². The van der Waals surface area contributed by atoms with Gasteiger partial charge in [0, 0.05) is 11.3 Å². The molecule has 0 aliphatic heterocycles. The van der Waals surface area contributed by atoms with Crippen molar-refractivity contribution in [3.63, 3.8) is 0 Å². The third kappa shape index (κ3) is 4.18. The quantitative estimate of drug-likeness (QED) is 0.754. The lowest BCUT2D eigenvalue weighted by molar-refractivity contribution is 0.102. The second kappa shape index (κ2) is 7.23. The van der Waals surface area contributed by atoms with E-state index >= 15 is 0 Å². The Morgan fingerprint density at radius 2 is 1.64 bits per heavy atom. The predicted molar refractivity (Wildman–Crippen MR) is 93.0 cm³/mol. The normalized spacial score (nSPS) is 9.92. The number of nitrogens with zero attached hydrogens (tertiary/aromatic N) is 2. The van der Waals surface area contributed by atoms with Crippen molar-refractivity contribution >= 4 is 23.1 Å². The SMILES string of the molecule is N#Cc1ccc(Nc2ccc(NC(=O)c3ccc(F)cc3)cn2)cc1. The first kappa shape index (κ1) is 16.1. The molecule has 0 fully saturated rings. The van der Waals surface area contributed by atoms with E-state index in [9.17, 15) is 9.18 Å². The van der Waals surface area contributed by atoms with Crippen LogP contribution in [0.1, 0.15) is 15.9 Å². The largest absolute Gasteiger partial charge is 0.340 e. The molecule has 0 spiro atoms. The van der Waals surface area contributed by atoms with Gasteiger partial charge in [0.25, 0.3) is 5.91 Å². The molecule has 0 aliphatic carbocycles. The van der Waals surface area contributed by atoms with Gasteiger partial charge in [-0.1, -0.05) is 0 Å². The summed E-state index contributed by atoms with van der Waals surface area (Å²) in [6.45, 7) is 0. The van der Waals surface area contributed by atoms with Crippen molar-refractivity contribution in [1.82, 2.24) is 4.98 Å². The molecule has 0 radical (unpaired) electrons. The molecule has 3 rings (SSSR count). The van der Waals surface area contributed by atoms with Crippen LogP contribution < -0.4 is 10.6 Å². The van der Waals surface area contributed by atoms with E-state index in [1.807, 2.05) is 0 Å². The molecule has 1 heterocycles. The monoisotopic (exact) mass is 332 g/mol. The van der Waals surface area contributed by atoms with Gasteiger partial charge in [-0.2, -0.15) is 5.26 Å². The molecule has 122 valence electrons. The number of aromatic nitrogens is 1. The molecular formula is C19H13FN4O. The number of hydrogen-bond donors (Lipinski definition) is 2. The van der Waals surface area contributed by atoms with E-state index in [0.29, 0.717) is 22.6 Å². The third-order valence-corrected chi connectivity index (χ3v) is 3.41. The topological polar surface area (TPSA) is 77.8 Å². The van der Waals surface area contributed by atoms with Crippen LogP contribution in [-0.4, -0.2) is 10.9 Å².